The third-order valence-corrected chi connectivity index (χ3v) is 5.91. The number of rotatable bonds is 3. The van der Waals surface area contributed by atoms with Gasteiger partial charge in [-0.15, -0.1) is 0 Å². The Morgan fingerprint density at radius 1 is 0.500 bits per heavy atom. The Morgan fingerprint density at radius 3 is 1.10 bits per heavy atom. The monoisotopic (exact) mass is 521 g/mol. The van der Waals surface area contributed by atoms with Gasteiger partial charge in [0, 0.05) is 25.6 Å². The van der Waals surface area contributed by atoms with Crippen molar-refractivity contribution in [3.63, 3.8) is 0 Å². The molecule has 0 fully saturated rings. The number of hydrogen-bond donors (Lipinski definition) is 0. The molecule has 0 aliphatic rings. The number of nitrogens with zero attached hydrogens (tertiary/aromatic N) is 3. The predicted molar refractivity (Wildman–Crippen MR) is 130 cm³/mol. The first kappa shape index (κ1) is 20.9. The van der Waals surface area contributed by atoms with E-state index in [1.165, 1.54) is 5.56 Å². The van der Waals surface area contributed by atoms with Gasteiger partial charge in [-0.25, -0.2) is 15.0 Å². The summed E-state index contributed by atoms with van der Waals surface area (Å²) in [6.45, 7) is 6.63. The smallest absolute Gasteiger partial charge is 0.164 e. The molecule has 4 aromatic rings. The zero-order chi connectivity index (χ0) is 21.3. The fraction of sp³-hybridized carbons (Fsp3) is 0.160. The summed E-state index contributed by atoms with van der Waals surface area (Å²) in [5.74, 6) is 1.98. The highest BCUT2D eigenvalue weighted by molar-refractivity contribution is 9.10. The molecule has 5 heteroatoms. The zero-order valence-electron chi connectivity index (χ0n) is 17.0. The van der Waals surface area contributed by atoms with Crippen molar-refractivity contribution in [3.8, 4) is 34.2 Å². The van der Waals surface area contributed by atoms with Crippen molar-refractivity contribution in [2.45, 2.75) is 26.2 Å². The van der Waals surface area contributed by atoms with Gasteiger partial charge in [0.1, 0.15) is 0 Å². The second kappa shape index (κ2) is 8.40. The minimum Gasteiger partial charge on any atom is -0.208 e. The van der Waals surface area contributed by atoms with E-state index >= 15 is 0 Å². The Balaban J connectivity index is 1.85. The summed E-state index contributed by atoms with van der Waals surface area (Å²) in [7, 11) is 0. The molecule has 150 valence electrons. The summed E-state index contributed by atoms with van der Waals surface area (Å²) in [5, 5.41) is 0. The molecule has 0 bridgehead atoms. The summed E-state index contributed by atoms with van der Waals surface area (Å²) in [6, 6.07) is 24.5. The lowest BCUT2D eigenvalue weighted by Crippen LogP contribution is -2.10. The Labute approximate surface area is 193 Å². The molecule has 0 saturated carbocycles. The van der Waals surface area contributed by atoms with Gasteiger partial charge in [0.15, 0.2) is 17.5 Å². The van der Waals surface area contributed by atoms with E-state index < -0.39 is 0 Å². The number of hydrogen-bond acceptors (Lipinski definition) is 3. The Hall–Kier alpha value is -2.37. The topological polar surface area (TPSA) is 38.7 Å². The van der Waals surface area contributed by atoms with Crippen molar-refractivity contribution >= 4 is 31.9 Å². The van der Waals surface area contributed by atoms with Crippen LogP contribution in [-0.4, -0.2) is 15.0 Å². The normalized spacial score (nSPS) is 11.5. The maximum absolute atomic E-state index is 4.79. The van der Waals surface area contributed by atoms with Gasteiger partial charge >= 0.3 is 0 Å². The van der Waals surface area contributed by atoms with Crippen LogP contribution in [0.25, 0.3) is 34.2 Å². The summed E-state index contributed by atoms with van der Waals surface area (Å²) in [6.07, 6.45) is 0. The minimum absolute atomic E-state index is 0.100. The predicted octanol–water partition coefficient (Wildman–Crippen LogP) is 7.70. The van der Waals surface area contributed by atoms with E-state index in [2.05, 4.69) is 76.9 Å². The molecule has 0 atom stereocenters. The highest BCUT2D eigenvalue weighted by Gasteiger charge is 2.15. The van der Waals surface area contributed by atoms with Crippen molar-refractivity contribution < 1.29 is 0 Å². The fourth-order valence-corrected chi connectivity index (χ4v) is 3.61. The van der Waals surface area contributed by atoms with Crippen molar-refractivity contribution in [1.82, 2.24) is 15.0 Å². The molecule has 3 aromatic carbocycles. The van der Waals surface area contributed by atoms with Crippen LogP contribution in [0.2, 0.25) is 0 Å². The summed E-state index contributed by atoms with van der Waals surface area (Å²) < 4.78 is 2.04. The van der Waals surface area contributed by atoms with Crippen LogP contribution in [0.4, 0.5) is 0 Å². The second-order valence-corrected chi connectivity index (χ2v) is 9.98. The molecule has 0 spiro atoms. The lowest BCUT2D eigenvalue weighted by atomic mass is 9.87. The van der Waals surface area contributed by atoms with Crippen LogP contribution in [0, 0.1) is 0 Å². The zero-order valence-corrected chi connectivity index (χ0v) is 20.2. The molecule has 0 aliphatic heterocycles. The van der Waals surface area contributed by atoms with Crippen LogP contribution in [0.5, 0.6) is 0 Å². The molecule has 1 heterocycles. The van der Waals surface area contributed by atoms with Crippen molar-refractivity contribution in [3.05, 3.63) is 87.3 Å². The first-order valence-electron chi connectivity index (χ1n) is 9.68. The quantitative estimate of drug-likeness (QED) is 0.276. The third-order valence-electron chi connectivity index (χ3n) is 4.85. The van der Waals surface area contributed by atoms with Gasteiger partial charge < -0.3 is 0 Å². The van der Waals surface area contributed by atoms with Crippen molar-refractivity contribution in [1.29, 1.82) is 0 Å². The highest BCUT2D eigenvalue weighted by Crippen LogP contribution is 2.28. The molecule has 0 unspecified atom stereocenters. The van der Waals surface area contributed by atoms with E-state index in [-0.39, 0.29) is 5.41 Å². The molecular weight excluding hydrogens is 502 g/mol. The summed E-state index contributed by atoms with van der Waals surface area (Å²) in [4.78, 5) is 14.3. The van der Waals surface area contributed by atoms with Gasteiger partial charge in [-0.1, -0.05) is 101 Å². The molecule has 0 N–H and O–H groups in total. The van der Waals surface area contributed by atoms with Gasteiger partial charge in [0.05, 0.1) is 0 Å². The van der Waals surface area contributed by atoms with E-state index in [0.717, 1.165) is 25.6 Å². The number of aromatic nitrogens is 3. The summed E-state index contributed by atoms with van der Waals surface area (Å²) >= 11 is 6.98. The van der Waals surface area contributed by atoms with Crippen LogP contribution < -0.4 is 0 Å². The van der Waals surface area contributed by atoms with Gasteiger partial charge in [0.25, 0.3) is 0 Å². The maximum Gasteiger partial charge on any atom is 0.164 e. The third kappa shape index (κ3) is 4.68. The van der Waals surface area contributed by atoms with Gasteiger partial charge in [-0.2, -0.15) is 0 Å². The van der Waals surface area contributed by atoms with Gasteiger partial charge in [0.2, 0.25) is 0 Å². The second-order valence-electron chi connectivity index (χ2n) is 8.15. The number of benzene rings is 3. The Morgan fingerprint density at radius 2 is 0.800 bits per heavy atom. The van der Waals surface area contributed by atoms with Crippen molar-refractivity contribution in [2.24, 2.45) is 0 Å². The van der Waals surface area contributed by atoms with Crippen LogP contribution in [0.3, 0.4) is 0 Å². The highest BCUT2D eigenvalue weighted by atomic mass is 79.9. The molecule has 4 rings (SSSR count). The molecule has 30 heavy (non-hydrogen) atoms. The Bertz CT molecular complexity index is 1100. The van der Waals surface area contributed by atoms with Crippen LogP contribution in [0.1, 0.15) is 26.3 Å². The molecule has 0 radical (unpaired) electrons. The van der Waals surface area contributed by atoms with E-state index in [1.807, 2.05) is 48.5 Å². The Kier molecular flexibility index (Phi) is 5.85. The van der Waals surface area contributed by atoms with E-state index in [1.54, 1.807) is 0 Å². The molecule has 0 saturated heterocycles. The first-order chi connectivity index (χ1) is 14.3. The molecule has 0 aliphatic carbocycles. The van der Waals surface area contributed by atoms with E-state index in [0.29, 0.717) is 17.5 Å². The average Bonchev–Trinajstić information content (AvgIpc) is 2.74. The van der Waals surface area contributed by atoms with Crippen LogP contribution in [0.15, 0.2) is 81.7 Å². The van der Waals surface area contributed by atoms with Crippen LogP contribution >= 0.6 is 31.9 Å². The summed E-state index contributed by atoms with van der Waals surface area (Å²) in [5.41, 5.74) is 4.25. The first-order valence-corrected chi connectivity index (χ1v) is 11.3. The van der Waals surface area contributed by atoms with Gasteiger partial charge in [-0.05, 0) is 35.2 Å². The van der Waals surface area contributed by atoms with Crippen LogP contribution in [-0.2, 0) is 5.41 Å². The lowest BCUT2D eigenvalue weighted by Gasteiger charge is -2.19. The fourth-order valence-electron chi connectivity index (χ4n) is 3.08. The SMILES string of the molecule is CC(C)(C)c1ccc(-c2nc(-c3ccc(Br)cc3)nc(-c3ccc(Br)cc3)n2)cc1. The molecule has 1 aromatic heterocycles. The maximum atomic E-state index is 4.79. The van der Waals surface area contributed by atoms with Gasteiger partial charge in [-0.3, -0.25) is 0 Å². The van der Waals surface area contributed by atoms with Crippen molar-refractivity contribution in [2.75, 3.05) is 0 Å². The minimum atomic E-state index is 0.100. The molecular formula is C25H21Br2N3. The molecule has 3 nitrogen and oxygen atoms in total. The standard InChI is InChI=1S/C25H21Br2N3/c1-25(2,3)19-10-4-16(5-11-19)22-28-23(17-6-12-20(26)13-7-17)30-24(29-22)18-8-14-21(27)15-9-18/h4-15H,1-3H3. The molecule has 0 amide bonds. The number of halogens is 2. The van der Waals surface area contributed by atoms with E-state index in [9.17, 15) is 0 Å². The average molecular weight is 523 g/mol. The lowest BCUT2D eigenvalue weighted by molar-refractivity contribution is 0.590. The van der Waals surface area contributed by atoms with E-state index in [4.69, 9.17) is 15.0 Å². The largest absolute Gasteiger partial charge is 0.208 e.